The van der Waals surface area contributed by atoms with Crippen molar-refractivity contribution in [3.8, 4) is 0 Å². The largest absolute Gasteiger partial charge is 4.00 e. The molecule has 4 unspecified atom stereocenters. The van der Waals surface area contributed by atoms with Crippen LogP contribution in [-0.4, -0.2) is 30.6 Å². The molecule has 2 aromatic rings. The molecule has 4 atom stereocenters. The number of hydrogen-bond donors (Lipinski definition) is 0. The zero-order valence-electron chi connectivity index (χ0n) is 21.4. The summed E-state index contributed by atoms with van der Waals surface area (Å²) in [6, 6.07) is 21.1. The van der Waals surface area contributed by atoms with Gasteiger partial charge in [0.25, 0.3) is 0 Å². The molecule has 1 fully saturated rings. The van der Waals surface area contributed by atoms with Gasteiger partial charge >= 0.3 is 26.2 Å². The van der Waals surface area contributed by atoms with E-state index in [-0.39, 0.29) is 26.2 Å². The van der Waals surface area contributed by atoms with Gasteiger partial charge in [-0.25, -0.2) is 0 Å². The maximum absolute atomic E-state index is 5.31. The molecule has 0 bridgehead atoms. The third-order valence-corrected chi connectivity index (χ3v) is 13.4. The molecule has 0 spiro atoms. The minimum absolute atomic E-state index is 0. The molecule has 1 saturated carbocycles. The molecule has 0 amide bonds. The van der Waals surface area contributed by atoms with E-state index in [1.807, 2.05) is 0 Å². The molecule has 172 valence electrons. The summed E-state index contributed by atoms with van der Waals surface area (Å²) in [5, 5.41) is 3.50. The molecular formula is C26H41N3Si2Zr. The molecule has 0 heterocycles. The van der Waals surface area contributed by atoms with E-state index in [0.717, 1.165) is 11.4 Å². The van der Waals surface area contributed by atoms with E-state index in [0.29, 0.717) is 22.9 Å². The van der Waals surface area contributed by atoms with E-state index in [1.165, 1.54) is 0 Å². The Kier molecular flexibility index (Phi) is 11.6. The summed E-state index contributed by atoms with van der Waals surface area (Å²) < 4.78 is 0. The summed E-state index contributed by atoms with van der Waals surface area (Å²) in [4.78, 5) is 10.6. The van der Waals surface area contributed by atoms with Crippen LogP contribution in [0.5, 0.6) is 0 Å². The van der Waals surface area contributed by atoms with Crippen LogP contribution in [0.4, 0.5) is 11.4 Å². The second-order valence-corrected chi connectivity index (χ2v) is 18.4. The molecular weight excluding hydrogens is 502 g/mol. The molecule has 6 heteroatoms. The fourth-order valence-corrected chi connectivity index (χ4v) is 13.7. The van der Waals surface area contributed by atoms with Crippen LogP contribution in [0.15, 0.2) is 60.7 Å². The van der Waals surface area contributed by atoms with Crippen molar-refractivity contribution in [2.24, 2.45) is 11.8 Å². The Balaban J connectivity index is 0.00000121. The molecule has 1 aliphatic rings. The van der Waals surface area contributed by atoms with Crippen molar-refractivity contribution in [2.75, 3.05) is 14.1 Å². The van der Waals surface area contributed by atoms with Gasteiger partial charge in [-0.3, -0.25) is 0 Å². The molecule has 2 aromatic carbocycles. The fraction of sp³-hybridized carbons (Fsp3) is 0.500. The summed E-state index contributed by atoms with van der Waals surface area (Å²) in [7, 11) is -0.146. The van der Waals surface area contributed by atoms with Crippen molar-refractivity contribution < 1.29 is 26.2 Å². The van der Waals surface area contributed by atoms with Crippen LogP contribution in [0.3, 0.4) is 0 Å². The summed E-state index contributed by atoms with van der Waals surface area (Å²) in [5.41, 5.74) is 3.51. The van der Waals surface area contributed by atoms with Crippen LogP contribution >= 0.6 is 0 Å². The first-order valence-corrected chi connectivity index (χ1v) is 17.5. The normalized spacial score (nSPS) is 23.5. The smallest absolute Gasteiger partial charge is 0.688 e. The van der Waals surface area contributed by atoms with E-state index in [4.69, 9.17) is 9.96 Å². The SMILES string of the molecule is C[C-]1C([Si](C)(C)[N-]c2ccccc2)C(C)C(C)C1[Si](C)(C)[N-]c1ccccc1.C[N-]C.[Zr+4]. The van der Waals surface area contributed by atoms with Crippen molar-refractivity contribution >= 4 is 27.8 Å². The Morgan fingerprint density at radius 2 is 0.938 bits per heavy atom. The van der Waals surface area contributed by atoms with Crippen molar-refractivity contribution in [3.63, 3.8) is 0 Å². The topological polar surface area (TPSA) is 42.3 Å². The molecule has 0 radical (unpaired) electrons. The second kappa shape index (κ2) is 12.7. The standard InChI is InChI=1S/C24H35N2Si2.C2H6N.Zr/c1-18-19(2)24(28(6,7)26-22-16-12-9-13-17-22)20(3)23(18)27(4,5)25-21-14-10-8-11-15-21;1-3-2;/h8-19,23-24H,1-7H3;1-2H3;/q-3;-1;+4. The molecule has 32 heavy (non-hydrogen) atoms. The van der Waals surface area contributed by atoms with Crippen LogP contribution < -0.4 is 0 Å². The quantitative estimate of drug-likeness (QED) is 0.258. The van der Waals surface area contributed by atoms with E-state index in [9.17, 15) is 0 Å². The van der Waals surface area contributed by atoms with Gasteiger partial charge in [0.1, 0.15) is 0 Å². The zero-order chi connectivity index (χ0) is 23.2. The maximum Gasteiger partial charge on any atom is 4.00 e. The van der Waals surface area contributed by atoms with Crippen LogP contribution in [-0.2, 0) is 26.2 Å². The minimum Gasteiger partial charge on any atom is -0.688 e. The van der Waals surface area contributed by atoms with Crippen molar-refractivity contribution in [3.05, 3.63) is 81.9 Å². The Morgan fingerprint density at radius 1 is 0.656 bits per heavy atom. The molecule has 3 rings (SSSR count). The van der Waals surface area contributed by atoms with Gasteiger partial charge in [0.15, 0.2) is 0 Å². The number of rotatable bonds is 6. The van der Waals surface area contributed by atoms with Gasteiger partial charge in [-0.2, -0.15) is 32.1 Å². The van der Waals surface area contributed by atoms with Gasteiger partial charge < -0.3 is 21.2 Å². The summed E-state index contributed by atoms with van der Waals surface area (Å²) in [6.45, 7) is 17.1. The first-order chi connectivity index (χ1) is 14.5. The maximum atomic E-state index is 5.31. The summed E-state index contributed by atoms with van der Waals surface area (Å²) in [6.07, 6.45) is 0. The number of hydrogen-bond acceptors (Lipinski definition) is 0. The molecule has 0 aliphatic heterocycles. The molecule has 3 nitrogen and oxygen atoms in total. The summed E-state index contributed by atoms with van der Waals surface area (Å²) in [5.74, 6) is 3.00. The molecule has 0 N–H and O–H groups in total. The fourth-order valence-electron chi connectivity index (χ4n) is 5.84. The first kappa shape index (κ1) is 29.3. The van der Waals surface area contributed by atoms with Crippen molar-refractivity contribution in [1.29, 1.82) is 0 Å². The van der Waals surface area contributed by atoms with Crippen LogP contribution in [0.1, 0.15) is 20.8 Å². The first-order valence-electron chi connectivity index (χ1n) is 11.4. The van der Waals surface area contributed by atoms with E-state index >= 15 is 0 Å². The average Bonchev–Trinajstić information content (AvgIpc) is 2.93. The minimum atomic E-state index is -1.82. The molecule has 1 aliphatic carbocycles. The Bertz CT molecular complexity index is 721. The molecule has 0 saturated heterocycles. The predicted octanol–water partition coefficient (Wildman–Crippen LogP) is 9.05. The second-order valence-electron chi connectivity index (χ2n) is 10.1. The van der Waals surface area contributed by atoms with Gasteiger partial charge in [-0.05, 0) is 0 Å². The van der Waals surface area contributed by atoms with Gasteiger partial charge in [0.2, 0.25) is 0 Å². The Morgan fingerprint density at radius 3 is 1.22 bits per heavy atom. The average molecular weight is 543 g/mol. The van der Waals surface area contributed by atoms with Crippen LogP contribution in [0.2, 0.25) is 37.3 Å². The third-order valence-electron chi connectivity index (χ3n) is 6.73. The summed E-state index contributed by atoms with van der Waals surface area (Å²) >= 11 is 0. The van der Waals surface area contributed by atoms with Gasteiger partial charge in [-0.15, -0.1) is 11.4 Å². The number of benzene rings is 2. The van der Waals surface area contributed by atoms with Crippen LogP contribution in [0, 0.1) is 17.8 Å². The van der Waals surface area contributed by atoms with Gasteiger partial charge in [0, 0.05) is 0 Å². The zero-order valence-corrected chi connectivity index (χ0v) is 25.9. The molecule has 0 aromatic heterocycles. The van der Waals surface area contributed by atoms with Gasteiger partial charge in [-0.1, -0.05) is 129 Å². The van der Waals surface area contributed by atoms with E-state index < -0.39 is 16.5 Å². The van der Waals surface area contributed by atoms with E-state index in [2.05, 4.69) is 113 Å². The third kappa shape index (κ3) is 7.16. The predicted molar refractivity (Wildman–Crippen MR) is 144 cm³/mol. The monoisotopic (exact) mass is 541 g/mol. The van der Waals surface area contributed by atoms with Crippen molar-refractivity contribution in [1.82, 2.24) is 0 Å². The Hall–Kier alpha value is -0.683. The van der Waals surface area contributed by atoms with Crippen molar-refractivity contribution in [2.45, 2.75) is 58.0 Å². The number of nitrogens with zero attached hydrogens (tertiary/aromatic N) is 3. The Labute approximate surface area is 218 Å². The van der Waals surface area contributed by atoms with E-state index in [1.54, 1.807) is 20.0 Å². The van der Waals surface area contributed by atoms with Crippen LogP contribution in [0.25, 0.3) is 15.3 Å². The van der Waals surface area contributed by atoms with Gasteiger partial charge in [0.05, 0.1) is 0 Å².